The highest BCUT2D eigenvalue weighted by molar-refractivity contribution is 5.95. The van der Waals surface area contributed by atoms with Crippen molar-refractivity contribution in [1.29, 1.82) is 5.41 Å². The maximum Gasteiger partial charge on any atom is 0.228 e. The Morgan fingerprint density at radius 3 is 2.47 bits per heavy atom. The monoisotopic (exact) mass is 434 g/mol. The minimum Gasteiger partial charge on any atom is -0.384 e. The van der Waals surface area contributed by atoms with Crippen molar-refractivity contribution < 1.29 is 9.18 Å². The van der Waals surface area contributed by atoms with E-state index in [-0.39, 0.29) is 35.6 Å². The van der Waals surface area contributed by atoms with Crippen LogP contribution in [0.15, 0.2) is 48.5 Å². The van der Waals surface area contributed by atoms with Gasteiger partial charge in [0.1, 0.15) is 11.7 Å². The Morgan fingerprint density at radius 2 is 1.84 bits per heavy atom. The Morgan fingerprint density at radius 1 is 1.16 bits per heavy atom. The van der Waals surface area contributed by atoms with E-state index in [1.165, 1.54) is 12.1 Å². The van der Waals surface area contributed by atoms with Gasteiger partial charge in [-0.2, -0.15) is 0 Å². The van der Waals surface area contributed by atoms with Crippen molar-refractivity contribution >= 4 is 11.7 Å². The summed E-state index contributed by atoms with van der Waals surface area (Å²) in [6.45, 7) is 5.98. The smallest absolute Gasteiger partial charge is 0.228 e. The number of carbonyl (C=O) groups excluding carboxylic acids is 1. The number of nitrogen functional groups attached to an aromatic ring is 1. The molecule has 5 nitrogen and oxygen atoms in total. The van der Waals surface area contributed by atoms with E-state index >= 15 is 0 Å². The number of nitrogens with zero attached hydrogens (tertiary/aromatic N) is 2. The number of carbonyl (C=O) groups is 1. The Balaban J connectivity index is 1.52. The second-order valence-electron chi connectivity index (χ2n) is 9.86. The SMILES string of the molecule is CC(C)[C@@H]1[C@@H]2[C@H](C(=O)N1Cc1ccc(F)cc1)[C@H](c1ccc(C(=N)N)cc1)N1CCC[C@@H]21. The van der Waals surface area contributed by atoms with Crippen LogP contribution in [0, 0.1) is 29.0 Å². The zero-order valence-corrected chi connectivity index (χ0v) is 18.7. The molecule has 3 N–H and O–H groups in total. The van der Waals surface area contributed by atoms with Crippen LogP contribution in [-0.2, 0) is 11.3 Å². The molecule has 3 saturated heterocycles. The van der Waals surface area contributed by atoms with E-state index < -0.39 is 0 Å². The van der Waals surface area contributed by atoms with Gasteiger partial charge in [-0.15, -0.1) is 0 Å². The van der Waals surface area contributed by atoms with E-state index in [1.807, 2.05) is 24.3 Å². The zero-order chi connectivity index (χ0) is 22.6. The highest BCUT2D eigenvalue weighted by Gasteiger charge is 2.62. The maximum atomic E-state index is 13.9. The largest absolute Gasteiger partial charge is 0.384 e. The Labute approximate surface area is 188 Å². The van der Waals surface area contributed by atoms with Crippen LogP contribution in [0.4, 0.5) is 4.39 Å². The molecule has 5 atom stereocenters. The molecule has 0 aromatic heterocycles. The maximum absolute atomic E-state index is 13.9. The van der Waals surface area contributed by atoms with Gasteiger partial charge in [-0.3, -0.25) is 15.1 Å². The van der Waals surface area contributed by atoms with E-state index in [1.54, 1.807) is 12.1 Å². The number of hydrogen-bond donors (Lipinski definition) is 2. The molecule has 168 valence electrons. The molecule has 0 spiro atoms. The second-order valence-corrected chi connectivity index (χ2v) is 9.86. The number of nitrogens with two attached hydrogens (primary N) is 1. The number of halogens is 1. The quantitative estimate of drug-likeness (QED) is 0.553. The van der Waals surface area contributed by atoms with Gasteiger partial charge in [-0.25, -0.2) is 4.39 Å². The minimum absolute atomic E-state index is 0.0560. The second kappa shape index (κ2) is 8.00. The first-order valence-corrected chi connectivity index (χ1v) is 11.6. The standard InChI is InChI=1S/C26H31FN4O/c1-15(2)23-21-20-4-3-13-30(20)24(17-7-9-18(10-8-17)25(28)29)22(21)26(32)31(23)14-16-5-11-19(27)12-6-16/h5-12,15,20-24H,3-4,13-14H2,1-2H3,(H3,28,29)/t20-,21-,22-,23+,24-/m0/s1. The Hall–Kier alpha value is -2.73. The third-order valence-electron chi connectivity index (χ3n) is 7.73. The summed E-state index contributed by atoms with van der Waals surface area (Å²) in [6, 6.07) is 15.0. The molecular weight excluding hydrogens is 403 g/mol. The number of fused-ring (bicyclic) bond motifs is 3. The number of amidine groups is 1. The molecule has 0 bridgehead atoms. The van der Waals surface area contributed by atoms with Crippen molar-refractivity contribution in [3.63, 3.8) is 0 Å². The fourth-order valence-corrected chi connectivity index (χ4v) is 6.55. The topological polar surface area (TPSA) is 73.4 Å². The molecule has 2 aromatic carbocycles. The normalized spacial score (nSPS) is 29.6. The molecule has 32 heavy (non-hydrogen) atoms. The van der Waals surface area contributed by atoms with E-state index in [0.29, 0.717) is 30.0 Å². The summed E-state index contributed by atoms with van der Waals surface area (Å²) in [5.41, 5.74) is 8.46. The summed E-state index contributed by atoms with van der Waals surface area (Å²) >= 11 is 0. The fourth-order valence-electron chi connectivity index (χ4n) is 6.55. The number of likely N-dealkylation sites (tertiary alicyclic amines) is 1. The van der Waals surface area contributed by atoms with Crippen molar-refractivity contribution in [2.24, 2.45) is 23.5 Å². The molecule has 3 fully saturated rings. The van der Waals surface area contributed by atoms with Crippen molar-refractivity contribution in [2.75, 3.05) is 6.54 Å². The lowest BCUT2D eigenvalue weighted by Crippen LogP contribution is -2.44. The molecule has 0 radical (unpaired) electrons. The molecule has 0 aliphatic carbocycles. The molecule has 3 heterocycles. The molecule has 5 rings (SSSR count). The zero-order valence-electron chi connectivity index (χ0n) is 18.7. The first-order chi connectivity index (χ1) is 15.4. The van der Waals surface area contributed by atoms with E-state index in [0.717, 1.165) is 30.5 Å². The Kier molecular flexibility index (Phi) is 5.28. The van der Waals surface area contributed by atoms with E-state index in [4.69, 9.17) is 11.1 Å². The predicted octanol–water partition coefficient (Wildman–Crippen LogP) is 3.93. The highest BCUT2D eigenvalue weighted by atomic mass is 19.1. The van der Waals surface area contributed by atoms with Crippen LogP contribution < -0.4 is 5.73 Å². The summed E-state index contributed by atoms with van der Waals surface area (Å²) in [6.07, 6.45) is 2.29. The van der Waals surface area contributed by atoms with Crippen molar-refractivity contribution in [2.45, 2.75) is 51.4 Å². The lowest BCUT2D eigenvalue weighted by atomic mass is 9.79. The number of benzene rings is 2. The molecular formula is C26H31FN4O. The minimum atomic E-state index is -0.255. The molecule has 6 heteroatoms. The molecule has 1 amide bonds. The van der Waals surface area contributed by atoms with Crippen molar-refractivity contribution in [3.8, 4) is 0 Å². The van der Waals surface area contributed by atoms with Gasteiger partial charge in [-0.05, 0) is 48.6 Å². The number of amides is 1. The van der Waals surface area contributed by atoms with Gasteiger partial charge in [0, 0.05) is 36.2 Å². The van der Waals surface area contributed by atoms with Gasteiger partial charge < -0.3 is 10.6 Å². The van der Waals surface area contributed by atoms with Gasteiger partial charge in [0.2, 0.25) is 5.91 Å². The van der Waals surface area contributed by atoms with Gasteiger partial charge >= 0.3 is 0 Å². The van der Waals surface area contributed by atoms with Gasteiger partial charge in [0.15, 0.2) is 0 Å². The van der Waals surface area contributed by atoms with Crippen LogP contribution in [0.1, 0.15) is 49.4 Å². The third-order valence-corrected chi connectivity index (χ3v) is 7.73. The number of rotatable bonds is 5. The van der Waals surface area contributed by atoms with Gasteiger partial charge in [0.05, 0.1) is 5.92 Å². The summed E-state index contributed by atoms with van der Waals surface area (Å²) < 4.78 is 13.4. The molecule has 0 unspecified atom stereocenters. The lowest BCUT2D eigenvalue weighted by molar-refractivity contribution is -0.134. The highest BCUT2D eigenvalue weighted by Crippen LogP contribution is 2.56. The van der Waals surface area contributed by atoms with Crippen LogP contribution in [-0.4, -0.2) is 40.2 Å². The van der Waals surface area contributed by atoms with Gasteiger partial charge in [-0.1, -0.05) is 50.2 Å². The predicted molar refractivity (Wildman–Crippen MR) is 122 cm³/mol. The number of hydrogen-bond acceptors (Lipinski definition) is 3. The summed E-state index contributed by atoms with van der Waals surface area (Å²) in [5.74, 6) is 0.583. The Bertz CT molecular complexity index is 1020. The average molecular weight is 435 g/mol. The fraction of sp³-hybridized carbons (Fsp3) is 0.462. The summed E-state index contributed by atoms with van der Waals surface area (Å²) in [5, 5.41) is 7.69. The number of nitrogens with one attached hydrogen (secondary N) is 1. The van der Waals surface area contributed by atoms with Crippen LogP contribution in [0.5, 0.6) is 0 Å². The summed E-state index contributed by atoms with van der Waals surface area (Å²) in [7, 11) is 0. The van der Waals surface area contributed by atoms with Crippen molar-refractivity contribution in [1.82, 2.24) is 9.80 Å². The molecule has 3 aliphatic rings. The van der Waals surface area contributed by atoms with E-state index in [2.05, 4.69) is 23.6 Å². The lowest BCUT2D eigenvalue weighted by Gasteiger charge is -2.35. The van der Waals surface area contributed by atoms with Crippen LogP contribution in [0.2, 0.25) is 0 Å². The first-order valence-electron chi connectivity index (χ1n) is 11.6. The van der Waals surface area contributed by atoms with Gasteiger partial charge in [0.25, 0.3) is 0 Å². The van der Waals surface area contributed by atoms with Crippen molar-refractivity contribution in [3.05, 3.63) is 71.0 Å². The first kappa shape index (κ1) is 21.1. The van der Waals surface area contributed by atoms with E-state index in [9.17, 15) is 9.18 Å². The summed E-state index contributed by atoms with van der Waals surface area (Å²) in [4.78, 5) is 18.6. The van der Waals surface area contributed by atoms with Crippen LogP contribution in [0.25, 0.3) is 0 Å². The molecule has 2 aromatic rings. The van der Waals surface area contributed by atoms with Crippen LogP contribution >= 0.6 is 0 Å². The molecule has 3 aliphatic heterocycles. The van der Waals surface area contributed by atoms with Crippen LogP contribution in [0.3, 0.4) is 0 Å². The average Bonchev–Trinajstić information content (AvgIpc) is 3.42. The third kappa shape index (κ3) is 3.32. The molecule has 0 saturated carbocycles.